The predicted octanol–water partition coefficient (Wildman–Crippen LogP) is 3.72. The zero-order valence-electron chi connectivity index (χ0n) is 14.3. The first kappa shape index (κ1) is 16.2. The molecule has 0 N–H and O–H groups in total. The molecular weight excluding hydrogens is 331 g/mol. The first-order valence-electron chi connectivity index (χ1n) is 8.30. The Balaban J connectivity index is 1.66. The Kier molecular flexibility index (Phi) is 4.31. The highest BCUT2D eigenvalue weighted by Crippen LogP contribution is 2.25. The number of benzene rings is 1. The molecule has 0 fully saturated rings. The van der Waals surface area contributed by atoms with Gasteiger partial charge in [0.15, 0.2) is 5.65 Å². The largest absolute Gasteiger partial charge is 0.497 e. The van der Waals surface area contributed by atoms with E-state index in [0.717, 1.165) is 22.5 Å². The highest BCUT2D eigenvalue weighted by atomic mass is 19.1. The Morgan fingerprint density at radius 3 is 2.69 bits per heavy atom. The smallest absolute Gasteiger partial charge is 0.168 e. The van der Waals surface area contributed by atoms with Crippen molar-refractivity contribution < 1.29 is 9.13 Å². The second-order valence-corrected chi connectivity index (χ2v) is 5.96. The maximum Gasteiger partial charge on any atom is 0.168 e. The Morgan fingerprint density at radius 2 is 1.88 bits per heavy atom. The van der Waals surface area contributed by atoms with Gasteiger partial charge in [-0.2, -0.15) is 0 Å². The molecule has 0 aliphatic heterocycles. The van der Waals surface area contributed by atoms with Gasteiger partial charge in [-0.05, 0) is 66.4 Å². The van der Waals surface area contributed by atoms with Crippen LogP contribution in [-0.4, -0.2) is 26.7 Å². The van der Waals surface area contributed by atoms with Crippen LogP contribution in [0, 0.1) is 5.82 Å². The van der Waals surface area contributed by atoms with Gasteiger partial charge in [0.05, 0.1) is 7.11 Å². The minimum Gasteiger partial charge on any atom is -0.497 e. The van der Waals surface area contributed by atoms with Crippen LogP contribution in [0.25, 0.3) is 16.8 Å². The highest BCUT2D eigenvalue weighted by molar-refractivity contribution is 5.77. The molecule has 0 unspecified atom stereocenters. The summed E-state index contributed by atoms with van der Waals surface area (Å²) in [6, 6.07) is 12.7. The Labute approximate surface area is 150 Å². The predicted molar refractivity (Wildman–Crippen MR) is 96.6 cm³/mol. The second-order valence-electron chi connectivity index (χ2n) is 5.96. The summed E-state index contributed by atoms with van der Waals surface area (Å²) in [7, 11) is 1.58. The quantitative estimate of drug-likeness (QED) is 0.551. The summed E-state index contributed by atoms with van der Waals surface area (Å²) >= 11 is 0. The average molecular weight is 348 g/mol. The van der Waals surface area contributed by atoms with E-state index in [-0.39, 0.29) is 5.82 Å². The van der Waals surface area contributed by atoms with Crippen LogP contribution in [0.3, 0.4) is 0 Å². The third-order valence-corrected chi connectivity index (χ3v) is 4.44. The molecule has 0 spiro atoms. The summed E-state index contributed by atoms with van der Waals surface area (Å²) < 4.78 is 21.2. The molecule has 0 saturated heterocycles. The van der Waals surface area contributed by atoms with E-state index in [1.165, 1.54) is 6.07 Å². The third kappa shape index (κ3) is 3.01. The standard InChI is InChI=1S/C20H17FN4O/c1-26-17-5-7-19(21)15(12-17)2-3-16-4-6-18(14-8-10-22-11-9-14)20-24-23-13-25(16)20/h4-13H,2-3H2,1H3. The number of methoxy groups -OCH3 is 1. The molecular formula is C20H17FN4O. The summed E-state index contributed by atoms with van der Waals surface area (Å²) in [6.45, 7) is 0. The summed E-state index contributed by atoms with van der Waals surface area (Å²) in [5, 5.41) is 8.31. The molecule has 0 amide bonds. The monoisotopic (exact) mass is 348 g/mol. The van der Waals surface area contributed by atoms with Crippen molar-refractivity contribution in [2.45, 2.75) is 12.8 Å². The lowest BCUT2D eigenvalue weighted by Crippen LogP contribution is -2.02. The van der Waals surface area contributed by atoms with Gasteiger partial charge in [0.25, 0.3) is 0 Å². The topological polar surface area (TPSA) is 52.3 Å². The van der Waals surface area contributed by atoms with E-state index in [1.807, 2.05) is 28.7 Å². The molecule has 0 atom stereocenters. The molecule has 4 aromatic rings. The van der Waals surface area contributed by atoms with Crippen LogP contribution < -0.4 is 4.74 Å². The number of aryl methyl sites for hydroxylation is 2. The van der Waals surface area contributed by atoms with Gasteiger partial charge in [0.2, 0.25) is 0 Å². The van der Waals surface area contributed by atoms with E-state index < -0.39 is 0 Å². The first-order chi connectivity index (χ1) is 12.8. The molecule has 5 nitrogen and oxygen atoms in total. The van der Waals surface area contributed by atoms with Crippen LogP contribution in [0.15, 0.2) is 61.2 Å². The number of pyridine rings is 2. The van der Waals surface area contributed by atoms with Gasteiger partial charge in [0.1, 0.15) is 17.9 Å². The molecule has 1 aromatic carbocycles. The summed E-state index contributed by atoms with van der Waals surface area (Å²) in [5.41, 5.74) is 4.44. The minimum atomic E-state index is -0.223. The summed E-state index contributed by atoms with van der Waals surface area (Å²) in [4.78, 5) is 4.05. The normalized spacial score (nSPS) is 11.0. The van der Waals surface area contributed by atoms with Crippen molar-refractivity contribution in [2.24, 2.45) is 0 Å². The molecule has 0 aliphatic carbocycles. The van der Waals surface area contributed by atoms with Crippen LogP contribution in [0.1, 0.15) is 11.3 Å². The minimum absolute atomic E-state index is 0.223. The third-order valence-electron chi connectivity index (χ3n) is 4.44. The van der Waals surface area contributed by atoms with Crippen molar-refractivity contribution in [3.8, 4) is 16.9 Å². The maximum atomic E-state index is 14.1. The van der Waals surface area contributed by atoms with E-state index in [0.29, 0.717) is 24.2 Å². The lowest BCUT2D eigenvalue weighted by Gasteiger charge is -2.10. The molecule has 0 bridgehead atoms. The van der Waals surface area contributed by atoms with E-state index in [4.69, 9.17) is 4.74 Å². The Bertz CT molecular complexity index is 1050. The van der Waals surface area contributed by atoms with Gasteiger partial charge < -0.3 is 4.74 Å². The van der Waals surface area contributed by atoms with Gasteiger partial charge in [-0.3, -0.25) is 9.38 Å². The number of aromatic nitrogens is 4. The zero-order chi connectivity index (χ0) is 17.9. The summed E-state index contributed by atoms with van der Waals surface area (Å²) in [6.07, 6.45) is 6.42. The van der Waals surface area contributed by atoms with E-state index >= 15 is 0 Å². The molecule has 26 heavy (non-hydrogen) atoms. The van der Waals surface area contributed by atoms with Crippen LogP contribution in [0.4, 0.5) is 4.39 Å². The molecule has 3 heterocycles. The molecule has 4 rings (SSSR count). The molecule has 6 heteroatoms. The Hall–Kier alpha value is -3.28. The van der Waals surface area contributed by atoms with Crippen LogP contribution >= 0.6 is 0 Å². The zero-order valence-corrected chi connectivity index (χ0v) is 14.3. The lowest BCUT2D eigenvalue weighted by molar-refractivity contribution is 0.412. The number of halogens is 1. The number of hydrogen-bond acceptors (Lipinski definition) is 4. The fourth-order valence-electron chi connectivity index (χ4n) is 3.06. The average Bonchev–Trinajstić information content (AvgIpc) is 3.18. The number of fused-ring (bicyclic) bond motifs is 1. The molecule has 0 aliphatic rings. The fraction of sp³-hybridized carbons (Fsp3) is 0.150. The van der Waals surface area contributed by atoms with Crippen LogP contribution in [0.5, 0.6) is 5.75 Å². The molecule has 3 aromatic heterocycles. The van der Waals surface area contributed by atoms with Gasteiger partial charge in [-0.15, -0.1) is 10.2 Å². The molecule has 0 radical (unpaired) electrons. The van der Waals surface area contributed by atoms with Crippen LogP contribution in [-0.2, 0) is 12.8 Å². The van der Waals surface area contributed by atoms with Gasteiger partial charge in [-0.1, -0.05) is 0 Å². The fourth-order valence-corrected chi connectivity index (χ4v) is 3.06. The summed E-state index contributed by atoms with van der Waals surface area (Å²) in [5.74, 6) is 0.433. The number of ether oxygens (including phenoxy) is 1. The van der Waals surface area contributed by atoms with E-state index in [1.54, 1.807) is 38.0 Å². The van der Waals surface area contributed by atoms with Crippen molar-refractivity contribution in [2.75, 3.05) is 7.11 Å². The molecule has 130 valence electrons. The maximum absolute atomic E-state index is 14.1. The van der Waals surface area contributed by atoms with Crippen molar-refractivity contribution >= 4 is 5.65 Å². The molecule has 0 saturated carbocycles. The lowest BCUT2D eigenvalue weighted by atomic mass is 10.0. The second kappa shape index (κ2) is 6.92. The first-order valence-corrected chi connectivity index (χ1v) is 8.30. The Morgan fingerprint density at radius 1 is 1.04 bits per heavy atom. The van der Waals surface area contributed by atoms with Crippen molar-refractivity contribution in [3.63, 3.8) is 0 Å². The number of rotatable bonds is 5. The SMILES string of the molecule is COc1ccc(F)c(CCc2ccc(-c3ccncc3)c3nncn23)c1. The van der Waals surface area contributed by atoms with E-state index in [9.17, 15) is 4.39 Å². The highest BCUT2D eigenvalue weighted by Gasteiger charge is 2.11. The van der Waals surface area contributed by atoms with Gasteiger partial charge >= 0.3 is 0 Å². The van der Waals surface area contributed by atoms with Crippen molar-refractivity contribution in [1.82, 2.24) is 19.6 Å². The number of nitrogens with zero attached hydrogens (tertiary/aromatic N) is 4. The van der Waals surface area contributed by atoms with E-state index in [2.05, 4.69) is 15.2 Å². The number of hydrogen-bond donors (Lipinski definition) is 0. The van der Waals surface area contributed by atoms with Crippen LogP contribution in [0.2, 0.25) is 0 Å². The van der Waals surface area contributed by atoms with Crippen molar-refractivity contribution in [1.29, 1.82) is 0 Å². The van der Waals surface area contributed by atoms with Crippen molar-refractivity contribution in [3.05, 3.63) is 78.3 Å². The van der Waals surface area contributed by atoms with Gasteiger partial charge in [0, 0.05) is 23.7 Å². The van der Waals surface area contributed by atoms with Gasteiger partial charge in [-0.25, -0.2) is 4.39 Å².